The monoisotopic (exact) mass is 409 g/mol. The molecule has 0 aromatic carbocycles. The van der Waals surface area contributed by atoms with Gasteiger partial charge in [0, 0.05) is 12.8 Å². The summed E-state index contributed by atoms with van der Waals surface area (Å²) in [6.07, 6.45) is 3.42. The summed E-state index contributed by atoms with van der Waals surface area (Å²) in [6.45, 7) is 1.50. The Morgan fingerprint density at radius 2 is 1.59 bits per heavy atom. The second-order valence-electron chi connectivity index (χ2n) is 10.3. The maximum absolute atomic E-state index is 14.0. The van der Waals surface area contributed by atoms with E-state index in [1.807, 2.05) is 0 Å². The summed E-state index contributed by atoms with van der Waals surface area (Å²) in [5.41, 5.74) is 3.28. The molecule has 1 unspecified atom stereocenters. The van der Waals surface area contributed by atoms with E-state index in [1.54, 1.807) is 0 Å². The van der Waals surface area contributed by atoms with E-state index in [-0.39, 0.29) is 12.4 Å². The number of carbonyl (C=O) groups is 3. The number of fused-ring (bicyclic) bond motifs is 1. The maximum atomic E-state index is 14.0. The van der Waals surface area contributed by atoms with Crippen LogP contribution in [0.15, 0.2) is 0 Å². The van der Waals surface area contributed by atoms with Gasteiger partial charge in [-0.1, -0.05) is 0 Å². The Kier molecular flexibility index (Phi) is 4.09. The van der Waals surface area contributed by atoms with Gasteiger partial charge >= 0.3 is 17.9 Å². The number of nitrogens with two attached hydrogens (primary N) is 1. The number of halogens is 1. The molecule has 29 heavy (non-hydrogen) atoms. The van der Waals surface area contributed by atoms with Crippen LogP contribution in [-0.4, -0.2) is 41.0 Å². The summed E-state index contributed by atoms with van der Waals surface area (Å²) in [5, 5.41) is 9.31. The minimum Gasteiger partial charge on any atom is -0.480 e. The quantitative estimate of drug-likeness (QED) is 0.527. The molecule has 4 bridgehead atoms. The molecule has 0 aliphatic heterocycles. The number of carboxylic acid groups (broad SMARTS) is 1. The molecule has 0 heterocycles. The first-order chi connectivity index (χ1) is 13.6. The van der Waals surface area contributed by atoms with E-state index in [0.29, 0.717) is 17.8 Å². The molecule has 0 spiro atoms. The van der Waals surface area contributed by atoms with Crippen molar-refractivity contribution in [3.63, 3.8) is 0 Å². The largest absolute Gasteiger partial charge is 0.480 e. The molecule has 0 amide bonds. The molecular formula is C21H28FNO6. The van der Waals surface area contributed by atoms with E-state index in [9.17, 15) is 23.9 Å². The highest BCUT2D eigenvalue weighted by molar-refractivity contribution is 5.86. The van der Waals surface area contributed by atoms with Crippen molar-refractivity contribution in [1.29, 1.82) is 0 Å². The first-order valence-electron chi connectivity index (χ1n) is 10.7. The highest BCUT2D eigenvalue weighted by Crippen LogP contribution is 2.63. The molecule has 0 radical (unpaired) electrons. The normalized spacial score (nSPS) is 50.0. The number of rotatable bonds is 5. The van der Waals surface area contributed by atoms with Gasteiger partial charge in [0.1, 0.15) is 11.7 Å². The number of hydrogen-bond acceptors (Lipinski definition) is 6. The zero-order valence-electron chi connectivity index (χ0n) is 16.5. The number of aliphatic carboxylic acids is 1. The molecule has 6 atom stereocenters. The fourth-order valence-corrected chi connectivity index (χ4v) is 7.46. The van der Waals surface area contributed by atoms with Gasteiger partial charge in [0.25, 0.3) is 0 Å². The van der Waals surface area contributed by atoms with Gasteiger partial charge in [0.15, 0.2) is 0 Å². The Hall–Kier alpha value is -1.70. The minimum absolute atomic E-state index is 0.0608. The average Bonchev–Trinajstić information content (AvgIpc) is 3.26. The van der Waals surface area contributed by atoms with Gasteiger partial charge in [-0.05, 0) is 68.6 Å². The van der Waals surface area contributed by atoms with E-state index < -0.39 is 53.1 Å². The second-order valence-corrected chi connectivity index (χ2v) is 10.3. The van der Waals surface area contributed by atoms with E-state index in [4.69, 9.17) is 15.2 Å². The molecule has 0 aromatic rings. The zero-order chi connectivity index (χ0) is 20.7. The molecule has 6 aliphatic carbocycles. The molecule has 7 nitrogen and oxygen atoms in total. The Morgan fingerprint density at radius 1 is 1.03 bits per heavy atom. The summed E-state index contributed by atoms with van der Waals surface area (Å²) < 4.78 is 24.8. The summed E-state index contributed by atoms with van der Waals surface area (Å²) in [4.78, 5) is 36.9. The fraction of sp³-hybridized carbons (Fsp3) is 0.857. The third-order valence-electron chi connectivity index (χ3n) is 8.39. The highest BCUT2D eigenvalue weighted by atomic mass is 19.1. The Bertz CT molecular complexity index is 735. The van der Waals surface area contributed by atoms with Crippen LogP contribution in [0.1, 0.15) is 51.9 Å². The van der Waals surface area contributed by atoms with Crippen LogP contribution in [0.25, 0.3) is 0 Å². The average molecular weight is 409 g/mol. The first kappa shape index (κ1) is 19.3. The SMILES string of the molecule is CC(OC(=O)[C@H]1[C@@H]2C[C@H](F)[C@@](N)(C(=O)O)[C@@H]21)OC(=O)C12CC3CC(CC(C3)C1)C2. The van der Waals surface area contributed by atoms with E-state index in [0.717, 1.165) is 19.3 Å². The van der Waals surface area contributed by atoms with Crippen molar-refractivity contribution in [1.82, 2.24) is 0 Å². The molecular weight excluding hydrogens is 381 g/mol. The lowest BCUT2D eigenvalue weighted by atomic mass is 9.49. The van der Waals surface area contributed by atoms with Crippen LogP contribution < -0.4 is 5.73 Å². The van der Waals surface area contributed by atoms with Gasteiger partial charge in [-0.15, -0.1) is 0 Å². The van der Waals surface area contributed by atoms with E-state index in [2.05, 4.69) is 0 Å². The predicted octanol–water partition coefficient (Wildman–Crippen LogP) is 2.02. The van der Waals surface area contributed by atoms with Crippen LogP contribution in [0, 0.1) is 40.9 Å². The van der Waals surface area contributed by atoms with Crippen LogP contribution >= 0.6 is 0 Å². The summed E-state index contributed by atoms with van der Waals surface area (Å²) >= 11 is 0. The van der Waals surface area contributed by atoms with Gasteiger partial charge in [-0.2, -0.15) is 0 Å². The fourth-order valence-electron chi connectivity index (χ4n) is 7.46. The van der Waals surface area contributed by atoms with Crippen molar-refractivity contribution in [2.75, 3.05) is 0 Å². The molecule has 160 valence electrons. The van der Waals surface area contributed by atoms with E-state index in [1.165, 1.54) is 26.2 Å². The van der Waals surface area contributed by atoms with Crippen molar-refractivity contribution < 1.29 is 33.4 Å². The Morgan fingerprint density at radius 3 is 2.10 bits per heavy atom. The van der Waals surface area contributed by atoms with Crippen LogP contribution in [0.2, 0.25) is 0 Å². The van der Waals surface area contributed by atoms with Crippen molar-refractivity contribution >= 4 is 17.9 Å². The van der Waals surface area contributed by atoms with Crippen molar-refractivity contribution in [3.05, 3.63) is 0 Å². The molecule has 6 aliphatic rings. The molecule has 6 rings (SSSR count). The summed E-state index contributed by atoms with van der Waals surface area (Å²) in [6, 6.07) is 0. The first-order valence-corrected chi connectivity index (χ1v) is 10.7. The van der Waals surface area contributed by atoms with Gasteiger partial charge in [0.05, 0.1) is 11.3 Å². The van der Waals surface area contributed by atoms with Gasteiger partial charge in [0.2, 0.25) is 6.29 Å². The molecule has 8 heteroatoms. The number of esters is 2. The lowest BCUT2D eigenvalue weighted by Crippen LogP contribution is -2.56. The molecule has 3 N–H and O–H groups in total. The molecule has 6 saturated carbocycles. The van der Waals surface area contributed by atoms with Crippen LogP contribution in [0.5, 0.6) is 0 Å². The predicted molar refractivity (Wildman–Crippen MR) is 96.8 cm³/mol. The number of carbonyl (C=O) groups excluding carboxylic acids is 2. The van der Waals surface area contributed by atoms with Gasteiger partial charge in [-0.3, -0.25) is 14.4 Å². The smallest absolute Gasteiger partial charge is 0.327 e. The molecule has 0 aromatic heterocycles. The lowest BCUT2D eigenvalue weighted by Gasteiger charge is -2.55. The van der Waals surface area contributed by atoms with Gasteiger partial charge in [-0.25, -0.2) is 4.39 Å². The number of hydrogen-bond donors (Lipinski definition) is 2. The Balaban J connectivity index is 1.19. The minimum atomic E-state index is -2.05. The van der Waals surface area contributed by atoms with Gasteiger partial charge < -0.3 is 20.3 Å². The lowest BCUT2D eigenvalue weighted by molar-refractivity contribution is -0.202. The van der Waals surface area contributed by atoms with Crippen LogP contribution in [0.4, 0.5) is 4.39 Å². The van der Waals surface area contributed by atoms with Crippen LogP contribution in [-0.2, 0) is 23.9 Å². The maximum Gasteiger partial charge on any atom is 0.327 e. The topological polar surface area (TPSA) is 116 Å². The summed E-state index contributed by atoms with van der Waals surface area (Å²) in [7, 11) is 0. The van der Waals surface area contributed by atoms with Crippen molar-refractivity contribution in [2.24, 2.45) is 46.7 Å². The Labute approximate surface area is 168 Å². The third kappa shape index (κ3) is 2.74. The van der Waals surface area contributed by atoms with Crippen molar-refractivity contribution in [3.8, 4) is 0 Å². The number of carboxylic acids is 1. The van der Waals surface area contributed by atoms with E-state index >= 15 is 0 Å². The summed E-state index contributed by atoms with van der Waals surface area (Å²) in [5.74, 6) is -2.53. The molecule has 6 fully saturated rings. The highest BCUT2D eigenvalue weighted by Gasteiger charge is 2.75. The zero-order valence-corrected chi connectivity index (χ0v) is 16.5. The molecule has 0 saturated heterocycles. The number of ether oxygens (including phenoxy) is 2. The third-order valence-corrected chi connectivity index (χ3v) is 8.39. The second kappa shape index (κ2) is 6.15. The standard InChI is InChI=1S/C21H28FNO6/c1-9(28-17(24)15-13-5-14(22)21(23,16(13)15)18(25)26)29-19(27)20-6-10-2-11(7-20)4-12(3-10)8-20/h9-16H,2-8,23H2,1H3,(H,25,26)/t9?,10?,11?,12?,13-,14-,15-,16-,20?,21-/m0/s1. The number of alkyl halides is 1. The van der Waals surface area contributed by atoms with Crippen LogP contribution in [0.3, 0.4) is 0 Å². The van der Waals surface area contributed by atoms with Crippen molar-refractivity contribution in [2.45, 2.75) is 69.9 Å².